The summed E-state index contributed by atoms with van der Waals surface area (Å²) in [5.41, 5.74) is 3.06. The number of rotatable bonds is 5. The lowest BCUT2D eigenvalue weighted by Gasteiger charge is -2.32. The fraction of sp³-hybridized carbons (Fsp3) is 0.444. The van der Waals surface area contributed by atoms with Crippen molar-refractivity contribution in [1.82, 2.24) is 5.32 Å². The molecule has 1 aliphatic carbocycles. The molecule has 1 aromatic rings. The smallest absolute Gasteiger partial charge is 0.224 e. The molecular formula is C18H22NO4-. The summed E-state index contributed by atoms with van der Waals surface area (Å²) in [6.45, 7) is 4.22. The number of benzene rings is 1. The van der Waals surface area contributed by atoms with Crippen LogP contribution in [0.1, 0.15) is 32.3 Å². The van der Waals surface area contributed by atoms with E-state index in [-0.39, 0.29) is 5.91 Å². The van der Waals surface area contributed by atoms with E-state index in [1.165, 1.54) is 0 Å². The van der Waals surface area contributed by atoms with Crippen LogP contribution in [0.15, 0.2) is 35.4 Å². The normalized spacial score (nSPS) is 21.0. The Morgan fingerprint density at radius 2 is 1.70 bits per heavy atom. The first-order valence-electron chi connectivity index (χ1n) is 7.69. The molecule has 2 atom stereocenters. The molecule has 0 aromatic heterocycles. The van der Waals surface area contributed by atoms with E-state index in [1.807, 2.05) is 38.1 Å². The third-order valence-electron chi connectivity index (χ3n) is 4.53. The average Bonchev–Trinajstić information content (AvgIpc) is 2.55. The molecule has 1 aromatic carbocycles. The SMILES string of the molecule is COc1ccc(CNC(=O)[C@H]2CC(C)=C(C)C[C@H]2C(=O)[O-])cc1. The van der Waals surface area contributed by atoms with Gasteiger partial charge in [-0.25, -0.2) is 0 Å². The Morgan fingerprint density at radius 1 is 1.13 bits per heavy atom. The van der Waals surface area contributed by atoms with Crippen LogP contribution >= 0.6 is 0 Å². The molecule has 0 fully saturated rings. The number of carbonyl (C=O) groups excluding carboxylic acids is 2. The van der Waals surface area contributed by atoms with Gasteiger partial charge < -0.3 is 20.0 Å². The Morgan fingerprint density at radius 3 is 2.22 bits per heavy atom. The Labute approximate surface area is 136 Å². The second kappa shape index (κ2) is 7.31. The zero-order valence-electron chi connectivity index (χ0n) is 13.7. The Balaban J connectivity index is 2.02. The van der Waals surface area contributed by atoms with Gasteiger partial charge in [-0.05, 0) is 44.4 Å². The van der Waals surface area contributed by atoms with E-state index in [4.69, 9.17) is 4.74 Å². The number of carboxylic acids is 1. The summed E-state index contributed by atoms with van der Waals surface area (Å²) in [5, 5.41) is 14.2. The molecule has 0 saturated carbocycles. The number of ether oxygens (including phenoxy) is 1. The first kappa shape index (κ1) is 17.1. The van der Waals surface area contributed by atoms with Gasteiger partial charge in [-0.3, -0.25) is 4.79 Å². The topological polar surface area (TPSA) is 78.5 Å². The molecule has 1 amide bonds. The van der Waals surface area contributed by atoms with Crippen LogP contribution in [0.4, 0.5) is 0 Å². The zero-order chi connectivity index (χ0) is 17.0. The van der Waals surface area contributed by atoms with E-state index in [1.54, 1.807) is 7.11 Å². The van der Waals surface area contributed by atoms with Gasteiger partial charge in [0.25, 0.3) is 0 Å². The molecule has 2 rings (SSSR count). The van der Waals surface area contributed by atoms with Crippen LogP contribution in [-0.2, 0) is 16.1 Å². The van der Waals surface area contributed by atoms with Gasteiger partial charge in [0.15, 0.2) is 0 Å². The van der Waals surface area contributed by atoms with Crippen molar-refractivity contribution in [1.29, 1.82) is 0 Å². The molecule has 0 radical (unpaired) electrons. The van der Waals surface area contributed by atoms with Gasteiger partial charge in [-0.2, -0.15) is 0 Å². The molecule has 1 aliphatic rings. The monoisotopic (exact) mass is 316 g/mol. The van der Waals surface area contributed by atoms with Crippen molar-refractivity contribution in [2.24, 2.45) is 11.8 Å². The van der Waals surface area contributed by atoms with Gasteiger partial charge in [-0.15, -0.1) is 0 Å². The highest BCUT2D eigenvalue weighted by atomic mass is 16.5. The number of carbonyl (C=O) groups is 2. The fourth-order valence-electron chi connectivity index (χ4n) is 2.88. The molecule has 23 heavy (non-hydrogen) atoms. The van der Waals surface area contributed by atoms with Crippen molar-refractivity contribution >= 4 is 11.9 Å². The highest BCUT2D eigenvalue weighted by Gasteiger charge is 2.33. The molecule has 0 heterocycles. The van der Waals surface area contributed by atoms with E-state index < -0.39 is 17.8 Å². The molecule has 5 nitrogen and oxygen atoms in total. The van der Waals surface area contributed by atoms with Crippen molar-refractivity contribution in [2.75, 3.05) is 7.11 Å². The summed E-state index contributed by atoms with van der Waals surface area (Å²) in [5.74, 6) is -1.96. The minimum atomic E-state index is -1.15. The van der Waals surface area contributed by atoms with E-state index >= 15 is 0 Å². The number of hydrogen-bond donors (Lipinski definition) is 1. The summed E-state index contributed by atoms with van der Waals surface area (Å²) in [4.78, 5) is 23.8. The lowest BCUT2D eigenvalue weighted by Crippen LogP contribution is -2.44. The second-order valence-corrected chi connectivity index (χ2v) is 6.07. The molecule has 0 spiro atoms. The van der Waals surface area contributed by atoms with Crippen molar-refractivity contribution in [2.45, 2.75) is 33.2 Å². The number of aliphatic carboxylic acids is 1. The Bertz CT molecular complexity index is 618. The largest absolute Gasteiger partial charge is 0.550 e. The summed E-state index contributed by atoms with van der Waals surface area (Å²) in [7, 11) is 1.60. The number of hydrogen-bond acceptors (Lipinski definition) is 4. The van der Waals surface area contributed by atoms with E-state index in [0.717, 1.165) is 22.5 Å². The maximum atomic E-state index is 12.4. The minimum absolute atomic E-state index is 0.234. The number of nitrogens with one attached hydrogen (secondary N) is 1. The predicted octanol–water partition coefficient (Wildman–Crippen LogP) is 1.42. The Hall–Kier alpha value is -2.30. The van der Waals surface area contributed by atoms with Gasteiger partial charge in [0, 0.05) is 24.3 Å². The van der Waals surface area contributed by atoms with Crippen molar-refractivity contribution in [3.63, 3.8) is 0 Å². The van der Waals surface area contributed by atoms with Crippen LogP contribution < -0.4 is 15.2 Å². The van der Waals surface area contributed by atoms with Gasteiger partial charge in [0.1, 0.15) is 5.75 Å². The first-order chi connectivity index (χ1) is 10.9. The third kappa shape index (κ3) is 4.12. The summed E-state index contributed by atoms with van der Waals surface area (Å²) < 4.78 is 5.09. The predicted molar refractivity (Wildman–Crippen MR) is 84.4 cm³/mol. The molecular weight excluding hydrogens is 294 g/mol. The third-order valence-corrected chi connectivity index (χ3v) is 4.53. The van der Waals surface area contributed by atoms with Gasteiger partial charge >= 0.3 is 0 Å². The van der Waals surface area contributed by atoms with Gasteiger partial charge in [0.2, 0.25) is 5.91 Å². The van der Waals surface area contributed by atoms with Gasteiger partial charge in [-0.1, -0.05) is 23.3 Å². The second-order valence-electron chi connectivity index (χ2n) is 6.07. The van der Waals surface area contributed by atoms with E-state index in [9.17, 15) is 14.7 Å². The molecule has 5 heteroatoms. The molecule has 1 N–H and O–H groups in total. The van der Waals surface area contributed by atoms with Crippen LogP contribution in [0.5, 0.6) is 5.75 Å². The summed E-state index contributed by atoms with van der Waals surface area (Å²) in [6, 6.07) is 7.38. The van der Waals surface area contributed by atoms with E-state index in [2.05, 4.69) is 5.32 Å². The Kier molecular flexibility index (Phi) is 5.42. The summed E-state index contributed by atoms with van der Waals surface area (Å²) >= 11 is 0. The quantitative estimate of drug-likeness (QED) is 0.833. The molecule has 124 valence electrons. The molecule has 0 aliphatic heterocycles. The fourth-order valence-corrected chi connectivity index (χ4v) is 2.88. The minimum Gasteiger partial charge on any atom is -0.550 e. The average molecular weight is 316 g/mol. The van der Waals surface area contributed by atoms with Crippen molar-refractivity contribution in [3.8, 4) is 5.75 Å². The van der Waals surface area contributed by atoms with Gasteiger partial charge in [0.05, 0.1) is 7.11 Å². The van der Waals surface area contributed by atoms with Crippen LogP contribution in [0.3, 0.4) is 0 Å². The number of allylic oxidation sites excluding steroid dienone is 2. The van der Waals surface area contributed by atoms with Crippen LogP contribution in [0.2, 0.25) is 0 Å². The zero-order valence-corrected chi connectivity index (χ0v) is 13.7. The van der Waals surface area contributed by atoms with Crippen LogP contribution in [-0.4, -0.2) is 19.0 Å². The number of amides is 1. The molecule has 0 saturated heterocycles. The first-order valence-corrected chi connectivity index (χ1v) is 7.69. The molecule has 0 bridgehead atoms. The van der Waals surface area contributed by atoms with E-state index in [0.29, 0.717) is 19.4 Å². The van der Waals surface area contributed by atoms with Crippen LogP contribution in [0.25, 0.3) is 0 Å². The lowest BCUT2D eigenvalue weighted by molar-refractivity contribution is -0.313. The maximum absolute atomic E-state index is 12.4. The number of carboxylic acid groups (broad SMARTS) is 1. The standard InChI is InChI=1S/C18H23NO4/c1-11-8-15(16(18(21)22)9-12(11)2)17(20)19-10-13-4-6-14(23-3)7-5-13/h4-7,15-16H,8-10H2,1-3H3,(H,19,20)(H,21,22)/p-1/t15-,16+/m0/s1. The van der Waals surface area contributed by atoms with Crippen LogP contribution in [0, 0.1) is 11.8 Å². The molecule has 0 unspecified atom stereocenters. The maximum Gasteiger partial charge on any atom is 0.224 e. The highest BCUT2D eigenvalue weighted by Crippen LogP contribution is 2.34. The van der Waals surface area contributed by atoms with Crippen molar-refractivity contribution < 1.29 is 19.4 Å². The highest BCUT2D eigenvalue weighted by molar-refractivity contribution is 5.85. The van der Waals surface area contributed by atoms with Crippen molar-refractivity contribution in [3.05, 3.63) is 41.0 Å². The number of methoxy groups -OCH3 is 1. The summed E-state index contributed by atoms with van der Waals surface area (Å²) in [6.07, 6.45) is 0.855. The lowest BCUT2D eigenvalue weighted by atomic mass is 9.76.